The fourth-order valence-corrected chi connectivity index (χ4v) is 2.78. The van der Waals surface area contributed by atoms with Gasteiger partial charge in [0.2, 0.25) is 5.88 Å². The van der Waals surface area contributed by atoms with Crippen molar-refractivity contribution >= 4 is 11.6 Å². The van der Waals surface area contributed by atoms with Crippen LogP contribution < -0.4 is 4.74 Å². The highest BCUT2D eigenvalue weighted by molar-refractivity contribution is 6.30. The normalized spacial score (nSPS) is 10.8. The van der Waals surface area contributed by atoms with Crippen molar-refractivity contribution in [2.45, 2.75) is 26.7 Å². The van der Waals surface area contributed by atoms with Gasteiger partial charge in [-0.15, -0.1) is 0 Å². The van der Waals surface area contributed by atoms with Gasteiger partial charge in [-0.1, -0.05) is 72.3 Å². The fourth-order valence-electron chi connectivity index (χ4n) is 2.65. The van der Waals surface area contributed by atoms with E-state index in [-0.39, 0.29) is 0 Å². The topological polar surface area (TPSA) is 40.6 Å². The molecule has 0 N–H and O–H groups in total. The molecule has 0 aliphatic rings. The minimum Gasteiger partial charge on any atom is -0.472 e. The molecule has 146 valence electrons. The molecule has 1 aromatic heterocycles. The van der Waals surface area contributed by atoms with Crippen molar-refractivity contribution in [2.24, 2.45) is 0 Å². The van der Waals surface area contributed by atoms with Gasteiger partial charge in [0.25, 0.3) is 0 Å². The van der Waals surface area contributed by atoms with E-state index in [4.69, 9.17) is 25.8 Å². The largest absolute Gasteiger partial charge is 0.472 e. The molecular weight excluding hydrogens is 374 g/mol. The first kappa shape index (κ1) is 20.3. The lowest BCUT2D eigenvalue weighted by Gasteiger charge is -2.13. The molecule has 0 fully saturated rings. The lowest BCUT2D eigenvalue weighted by Crippen LogP contribution is -2.07. The highest BCUT2D eigenvalue weighted by Gasteiger charge is 2.10. The van der Waals surface area contributed by atoms with E-state index in [0.717, 1.165) is 22.3 Å². The molecule has 0 aliphatic heterocycles. The summed E-state index contributed by atoms with van der Waals surface area (Å²) < 4.78 is 17.3. The Morgan fingerprint density at radius 3 is 2.00 bits per heavy atom. The molecule has 0 atom stereocenters. The number of benzene rings is 2. The summed E-state index contributed by atoms with van der Waals surface area (Å²) in [4.78, 5) is 4.37. The van der Waals surface area contributed by atoms with Crippen LogP contribution in [0.3, 0.4) is 0 Å². The number of nitrogens with zero attached hydrogens (tertiary/aromatic N) is 1. The SMILES string of the molecule is Cc1cc(COCCOCc2ccccc2)c(OCc2ccccc2)nc1Cl. The van der Waals surface area contributed by atoms with Crippen LogP contribution in [0.4, 0.5) is 0 Å². The molecule has 0 aliphatic carbocycles. The van der Waals surface area contributed by atoms with Crippen LogP contribution in [0, 0.1) is 6.92 Å². The van der Waals surface area contributed by atoms with E-state index in [1.165, 1.54) is 0 Å². The van der Waals surface area contributed by atoms with Gasteiger partial charge >= 0.3 is 0 Å². The number of pyridine rings is 1. The Morgan fingerprint density at radius 2 is 1.36 bits per heavy atom. The number of ether oxygens (including phenoxy) is 3. The zero-order chi connectivity index (χ0) is 19.6. The van der Waals surface area contributed by atoms with Crippen molar-refractivity contribution in [3.8, 4) is 5.88 Å². The van der Waals surface area contributed by atoms with Gasteiger partial charge < -0.3 is 14.2 Å². The minimum atomic E-state index is 0.393. The van der Waals surface area contributed by atoms with Crippen LogP contribution in [0.1, 0.15) is 22.3 Å². The zero-order valence-corrected chi connectivity index (χ0v) is 16.7. The highest BCUT2D eigenvalue weighted by Crippen LogP contribution is 2.24. The summed E-state index contributed by atoms with van der Waals surface area (Å²) in [6.45, 7) is 4.34. The molecule has 0 radical (unpaired) electrons. The van der Waals surface area contributed by atoms with Crippen LogP contribution in [-0.2, 0) is 29.3 Å². The summed E-state index contributed by atoms with van der Waals surface area (Å²) in [5, 5.41) is 0.443. The Balaban J connectivity index is 1.48. The Hall–Kier alpha value is -2.40. The molecular formula is C23H24ClNO3. The molecule has 3 aromatic rings. The number of rotatable bonds is 10. The molecule has 0 saturated heterocycles. The standard InChI is InChI=1S/C23H24ClNO3/c1-18-14-21(17-27-13-12-26-15-19-8-4-2-5-9-19)23(25-22(18)24)28-16-20-10-6-3-7-11-20/h2-11,14H,12-13,15-17H2,1H3. The van der Waals surface area contributed by atoms with E-state index in [1.54, 1.807) is 0 Å². The molecule has 0 bridgehead atoms. The van der Waals surface area contributed by atoms with Crippen LogP contribution in [0.25, 0.3) is 0 Å². The van der Waals surface area contributed by atoms with Gasteiger partial charge in [0.05, 0.1) is 26.4 Å². The van der Waals surface area contributed by atoms with Crippen molar-refractivity contribution in [1.29, 1.82) is 0 Å². The van der Waals surface area contributed by atoms with Crippen LogP contribution in [-0.4, -0.2) is 18.2 Å². The molecule has 5 heteroatoms. The third-order valence-electron chi connectivity index (χ3n) is 4.15. The summed E-state index contributed by atoms with van der Waals surface area (Å²) in [5.41, 5.74) is 3.99. The van der Waals surface area contributed by atoms with Gasteiger partial charge in [0.1, 0.15) is 11.8 Å². The lowest BCUT2D eigenvalue weighted by atomic mass is 10.2. The average Bonchev–Trinajstić information content (AvgIpc) is 2.73. The maximum absolute atomic E-state index is 6.18. The van der Waals surface area contributed by atoms with E-state index in [2.05, 4.69) is 4.98 Å². The van der Waals surface area contributed by atoms with E-state index in [0.29, 0.717) is 44.1 Å². The van der Waals surface area contributed by atoms with E-state index < -0.39 is 0 Å². The monoisotopic (exact) mass is 397 g/mol. The zero-order valence-electron chi connectivity index (χ0n) is 15.9. The Morgan fingerprint density at radius 1 is 0.786 bits per heavy atom. The predicted octanol–water partition coefficient (Wildman–Crippen LogP) is 5.36. The third kappa shape index (κ3) is 6.34. The number of halogens is 1. The molecule has 4 nitrogen and oxygen atoms in total. The number of aryl methyl sites for hydroxylation is 1. The first-order chi connectivity index (χ1) is 13.7. The summed E-state index contributed by atoms with van der Waals surface area (Å²) in [7, 11) is 0. The summed E-state index contributed by atoms with van der Waals surface area (Å²) in [6.07, 6.45) is 0. The van der Waals surface area contributed by atoms with Gasteiger partial charge in [0.15, 0.2) is 0 Å². The van der Waals surface area contributed by atoms with Gasteiger partial charge in [-0.3, -0.25) is 0 Å². The second kappa shape index (κ2) is 10.8. The number of hydrogen-bond donors (Lipinski definition) is 0. The molecule has 28 heavy (non-hydrogen) atoms. The van der Waals surface area contributed by atoms with Gasteiger partial charge in [0, 0.05) is 5.56 Å². The van der Waals surface area contributed by atoms with Crippen molar-refractivity contribution in [2.75, 3.05) is 13.2 Å². The first-order valence-electron chi connectivity index (χ1n) is 9.24. The van der Waals surface area contributed by atoms with Crippen molar-refractivity contribution < 1.29 is 14.2 Å². The molecule has 0 saturated carbocycles. The maximum Gasteiger partial charge on any atom is 0.220 e. The lowest BCUT2D eigenvalue weighted by molar-refractivity contribution is 0.0329. The molecule has 2 aromatic carbocycles. The maximum atomic E-state index is 6.18. The average molecular weight is 398 g/mol. The second-order valence-corrected chi connectivity index (χ2v) is 6.78. The summed E-state index contributed by atoms with van der Waals surface area (Å²) >= 11 is 6.18. The van der Waals surface area contributed by atoms with Gasteiger partial charge in [-0.25, -0.2) is 4.98 Å². The van der Waals surface area contributed by atoms with Crippen molar-refractivity contribution in [3.63, 3.8) is 0 Å². The second-order valence-electron chi connectivity index (χ2n) is 6.43. The first-order valence-corrected chi connectivity index (χ1v) is 9.62. The number of hydrogen-bond acceptors (Lipinski definition) is 4. The fraction of sp³-hybridized carbons (Fsp3) is 0.261. The van der Waals surface area contributed by atoms with Gasteiger partial charge in [-0.05, 0) is 29.7 Å². The molecule has 3 rings (SSSR count). The van der Waals surface area contributed by atoms with E-state index in [9.17, 15) is 0 Å². The van der Waals surface area contributed by atoms with Crippen LogP contribution in [0.5, 0.6) is 5.88 Å². The quantitative estimate of drug-likeness (QED) is 0.341. The Labute approximate surface area is 171 Å². The third-order valence-corrected chi connectivity index (χ3v) is 4.53. The molecule has 0 spiro atoms. The Bertz CT molecular complexity index is 856. The van der Waals surface area contributed by atoms with Crippen LogP contribution >= 0.6 is 11.6 Å². The van der Waals surface area contributed by atoms with Crippen LogP contribution in [0.15, 0.2) is 66.7 Å². The minimum absolute atomic E-state index is 0.393. The van der Waals surface area contributed by atoms with Crippen LogP contribution in [0.2, 0.25) is 5.15 Å². The van der Waals surface area contributed by atoms with Crippen molar-refractivity contribution in [1.82, 2.24) is 4.98 Å². The van der Waals surface area contributed by atoms with E-state index >= 15 is 0 Å². The smallest absolute Gasteiger partial charge is 0.220 e. The highest BCUT2D eigenvalue weighted by atomic mass is 35.5. The summed E-state index contributed by atoms with van der Waals surface area (Å²) in [6, 6.07) is 22.0. The number of aromatic nitrogens is 1. The summed E-state index contributed by atoms with van der Waals surface area (Å²) in [5.74, 6) is 0.504. The van der Waals surface area contributed by atoms with Gasteiger partial charge in [-0.2, -0.15) is 0 Å². The van der Waals surface area contributed by atoms with E-state index in [1.807, 2.05) is 73.7 Å². The van der Waals surface area contributed by atoms with Crippen molar-refractivity contribution in [3.05, 3.63) is 94.1 Å². The Kier molecular flexibility index (Phi) is 7.85. The predicted molar refractivity (Wildman–Crippen MR) is 111 cm³/mol. The molecule has 0 amide bonds. The molecule has 1 heterocycles. The molecule has 0 unspecified atom stereocenters.